The summed E-state index contributed by atoms with van der Waals surface area (Å²) in [7, 11) is 1.46. The van der Waals surface area contributed by atoms with Gasteiger partial charge in [-0.25, -0.2) is 28.7 Å². The summed E-state index contributed by atoms with van der Waals surface area (Å²) in [4.78, 5) is 36.0. The monoisotopic (exact) mass is 574 g/mol. The average Bonchev–Trinajstić information content (AvgIpc) is 3.39. The zero-order valence-corrected chi connectivity index (χ0v) is 22.6. The highest BCUT2D eigenvalue weighted by Crippen LogP contribution is 2.52. The van der Waals surface area contributed by atoms with E-state index in [0.29, 0.717) is 42.0 Å². The van der Waals surface area contributed by atoms with Crippen molar-refractivity contribution in [3.05, 3.63) is 96.2 Å². The van der Waals surface area contributed by atoms with Crippen molar-refractivity contribution in [3.8, 4) is 5.88 Å². The molecule has 41 heavy (non-hydrogen) atoms. The molecule has 2 aromatic heterocycles. The second-order valence-corrected chi connectivity index (χ2v) is 10.8. The summed E-state index contributed by atoms with van der Waals surface area (Å²) < 4.78 is 33.5. The number of aromatic nitrogens is 4. The number of methoxy groups -OCH3 is 1. The normalized spacial score (nSPS) is 19.7. The Morgan fingerprint density at radius 3 is 2.56 bits per heavy atom. The number of fused-ring (bicyclic) bond motifs is 1. The van der Waals surface area contributed by atoms with Crippen LogP contribution in [0.5, 0.6) is 5.88 Å². The number of carbonyl (C=O) groups is 1. The second kappa shape index (κ2) is 11.1. The van der Waals surface area contributed by atoms with Crippen molar-refractivity contribution in [1.82, 2.24) is 19.9 Å². The number of carbonyl (C=O) groups excluding carboxylic acids is 1. The molecule has 2 aliphatic heterocycles. The number of ether oxygens (including phenoxy) is 1. The molecular weight excluding hydrogens is 550 g/mol. The van der Waals surface area contributed by atoms with E-state index in [9.17, 15) is 9.18 Å². The van der Waals surface area contributed by atoms with E-state index in [1.165, 1.54) is 43.4 Å². The summed E-state index contributed by atoms with van der Waals surface area (Å²) in [5.74, 6) is -0.959. The predicted molar refractivity (Wildman–Crippen MR) is 152 cm³/mol. The number of hydrogen-bond donors (Lipinski definition) is 2. The van der Waals surface area contributed by atoms with Crippen molar-refractivity contribution >= 4 is 40.2 Å². The SMILES string of the molecule is COc1cnc(C(=O)Nc2ccc(F)c([C@]34CN(c5ncc(F)cn5)C[C@@H]3CN=C(Nc3ccccc3)S4)c2)cn1. The number of halogens is 2. The molecule has 1 fully saturated rings. The minimum atomic E-state index is -0.818. The average molecular weight is 575 g/mol. The number of para-hydroxylation sites is 1. The number of amides is 1. The fourth-order valence-corrected chi connectivity index (χ4v) is 6.42. The van der Waals surface area contributed by atoms with Gasteiger partial charge in [-0.15, -0.1) is 0 Å². The largest absolute Gasteiger partial charge is 0.480 e. The van der Waals surface area contributed by atoms with Crippen molar-refractivity contribution in [2.24, 2.45) is 10.9 Å². The highest BCUT2D eigenvalue weighted by molar-refractivity contribution is 8.15. The minimum Gasteiger partial charge on any atom is -0.480 e. The Bertz CT molecular complexity index is 1590. The van der Waals surface area contributed by atoms with Crippen LogP contribution in [-0.4, -0.2) is 57.8 Å². The summed E-state index contributed by atoms with van der Waals surface area (Å²) >= 11 is 1.42. The van der Waals surface area contributed by atoms with Crippen LogP contribution in [0.15, 0.2) is 78.3 Å². The summed E-state index contributed by atoms with van der Waals surface area (Å²) in [6.07, 6.45) is 4.88. The Labute approximate surface area is 238 Å². The Hall–Kier alpha value is -4.65. The first kappa shape index (κ1) is 26.6. The van der Waals surface area contributed by atoms with Gasteiger partial charge in [0.2, 0.25) is 11.8 Å². The number of nitrogens with one attached hydrogen (secondary N) is 2. The first-order valence-electron chi connectivity index (χ1n) is 12.7. The molecule has 0 radical (unpaired) electrons. The molecule has 13 heteroatoms. The Morgan fingerprint density at radius 2 is 1.83 bits per heavy atom. The first-order valence-corrected chi connectivity index (χ1v) is 13.5. The molecular formula is C28H24F2N8O2S. The van der Waals surface area contributed by atoms with Gasteiger partial charge in [0, 0.05) is 42.5 Å². The number of aliphatic imine (C=N–C) groups is 1. The van der Waals surface area contributed by atoms with E-state index >= 15 is 4.39 Å². The molecule has 1 saturated heterocycles. The van der Waals surface area contributed by atoms with Gasteiger partial charge in [-0.2, -0.15) is 0 Å². The Morgan fingerprint density at radius 1 is 1.02 bits per heavy atom. The predicted octanol–water partition coefficient (Wildman–Crippen LogP) is 4.35. The summed E-state index contributed by atoms with van der Waals surface area (Å²) in [6, 6.07) is 14.1. The quantitative estimate of drug-likeness (QED) is 0.347. The standard InChI is InChI=1S/C28H24F2N8O2S/c1-40-24-14-31-23(13-32-24)25(39)36-20-7-8-22(30)21(9-20)28-16-38(26-33-11-18(29)12-34-26)15-17(28)10-35-27(41-28)37-19-5-3-2-4-6-19/h2-9,11-14,17H,10,15-16H2,1H3,(H,35,37)(H,36,39)/t17-,28-/m0/s1. The topological polar surface area (TPSA) is 118 Å². The van der Waals surface area contributed by atoms with Crippen LogP contribution in [0.3, 0.4) is 0 Å². The number of hydrogen-bond acceptors (Lipinski definition) is 10. The van der Waals surface area contributed by atoms with Crippen LogP contribution in [0.4, 0.5) is 26.1 Å². The van der Waals surface area contributed by atoms with Crippen molar-refractivity contribution in [1.29, 1.82) is 0 Å². The van der Waals surface area contributed by atoms with E-state index in [4.69, 9.17) is 9.73 Å². The second-order valence-electron chi connectivity index (χ2n) is 9.50. The zero-order chi connectivity index (χ0) is 28.4. The van der Waals surface area contributed by atoms with E-state index in [1.54, 1.807) is 6.07 Å². The van der Waals surface area contributed by atoms with E-state index in [1.807, 2.05) is 35.2 Å². The molecule has 0 aliphatic carbocycles. The number of amidine groups is 1. The summed E-state index contributed by atoms with van der Waals surface area (Å²) in [6.45, 7) is 1.23. The van der Waals surface area contributed by atoms with E-state index < -0.39 is 22.3 Å². The lowest BCUT2D eigenvalue weighted by Crippen LogP contribution is -2.40. The van der Waals surface area contributed by atoms with E-state index in [2.05, 4.69) is 30.6 Å². The molecule has 4 aromatic rings. The first-order chi connectivity index (χ1) is 19.9. The molecule has 2 atom stereocenters. The van der Waals surface area contributed by atoms with Crippen LogP contribution in [0.25, 0.3) is 0 Å². The number of thioether (sulfide) groups is 1. The van der Waals surface area contributed by atoms with Crippen LogP contribution in [0, 0.1) is 17.6 Å². The van der Waals surface area contributed by atoms with E-state index in [0.717, 1.165) is 18.1 Å². The molecule has 10 nitrogen and oxygen atoms in total. The van der Waals surface area contributed by atoms with Gasteiger partial charge in [0.05, 0.1) is 36.6 Å². The molecule has 4 heterocycles. The van der Waals surface area contributed by atoms with Crippen molar-refractivity contribution in [3.63, 3.8) is 0 Å². The molecule has 2 aliphatic rings. The summed E-state index contributed by atoms with van der Waals surface area (Å²) in [5.41, 5.74) is 1.74. The molecule has 0 bridgehead atoms. The van der Waals surface area contributed by atoms with Gasteiger partial charge >= 0.3 is 0 Å². The van der Waals surface area contributed by atoms with Gasteiger partial charge in [-0.05, 0) is 30.3 Å². The fourth-order valence-electron chi connectivity index (χ4n) is 4.96. The minimum absolute atomic E-state index is 0.0849. The molecule has 0 saturated carbocycles. The highest BCUT2D eigenvalue weighted by Gasteiger charge is 2.53. The maximum atomic E-state index is 15.7. The molecule has 0 unspecified atom stereocenters. The zero-order valence-electron chi connectivity index (χ0n) is 21.8. The third-order valence-corrected chi connectivity index (χ3v) is 8.40. The number of anilines is 3. The third kappa shape index (κ3) is 5.40. The molecule has 0 spiro atoms. The van der Waals surface area contributed by atoms with Gasteiger partial charge < -0.3 is 20.3 Å². The molecule has 1 amide bonds. The third-order valence-electron chi connectivity index (χ3n) is 6.92. The van der Waals surface area contributed by atoms with Crippen LogP contribution in [0.2, 0.25) is 0 Å². The van der Waals surface area contributed by atoms with E-state index in [-0.39, 0.29) is 17.5 Å². The van der Waals surface area contributed by atoms with Gasteiger partial charge in [0.15, 0.2) is 11.0 Å². The molecule has 6 rings (SSSR count). The maximum absolute atomic E-state index is 15.7. The van der Waals surface area contributed by atoms with Gasteiger partial charge in [-0.1, -0.05) is 30.0 Å². The highest BCUT2D eigenvalue weighted by atomic mass is 32.2. The van der Waals surface area contributed by atoms with Crippen molar-refractivity contribution in [2.75, 3.05) is 42.3 Å². The van der Waals surface area contributed by atoms with Crippen molar-refractivity contribution in [2.45, 2.75) is 4.75 Å². The van der Waals surface area contributed by atoms with Crippen LogP contribution in [0.1, 0.15) is 16.1 Å². The Kier molecular flexibility index (Phi) is 7.18. The van der Waals surface area contributed by atoms with Crippen LogP contribution >= 0.6 is 11.8 Å². The number of benzene rings is 2. The number of nitrogens with zero attached hydrogens (tertiary/aromatic N) is 6. The Balaban J connectivity index is 1.34. The fraction of sp³-hybridized carbons (Fsp3) is 0.214. The van der Waals surface area contributed by atoms with Crippen molar-refractivity contribution < 1.29 is 18.3 Å². The van der Waals surface area contributed by atoms with Crippen LogP contribution < -0.4 is 20.3 Å². The van der Waals surface area contributed by atoms with Gasteiger partial charge in [-0.3, -0.25) is 9.79 Å². The summed E-state index contributed by atoms with van der Waals surface area (Å²) in [5, 5.41) is 6.77. The number of rotatable bonds is 6. The lowest BCUT2D eigenvalue weighted by atomic mass is 9.87. The lowest BCUT2D eigenvalue weighted by molar-refractivity contribution is 0.102. The maximum Gasteiger partial charge on any atom is 0.275 e. The molecule has 2 N–H and O–H groups in total. The molecule has 2 aromatic carbocycles. The smallest absolute Gasteiger partial charge is 0.275 e. The molecule has 208 valence electrons. The van der Waals surface area contributed by atoms with Gasteiger partial charge in [0.25, 0.3) is 5.91 Å². The van der Waals surface area contributed by atoms with Crippen LogP contribution in [-0.2, 0) is 4.75 Å². The lowest BCUT2D eigenvalue weighted by Gasteiger charge is -2.37. The van der Waals surface area contributed by atoms with Gasteiger partial charge in [0.1, 0.15) is 11.5 Å².